The molecule has 2 heterocycles. The van der Waals surface area contributed by atoms with Gasteiger partial charge in [-0.1, -0.05) is 44.5 Å². The van der Waals surface area contributed by atoms with Gasteiger partial charge in [0, 0.05) is 24.0 Å². The predicted molar refractivity (Wildman–Crippen MR) is 101 cm³/mol. The highest BCUT2D eigenvalue weighted by Crippen LogP contribution is 2.36. The third-order valence-electron chi connectivity index (χ3n) is 4.81. The Morgan fingerprint density at radius 2 is 2.19 bits per heavy atom. The fourth-order valence-corrected chi connectivity index (χ4v) is 3.87. The number of hydrogen-bond acceptors (Lipinski definition) is 4. The predicted octanol–water partition coefficient (Wildman–Crippen LogP) is 4.34. The number of amides is 1. The van der Waals surface area contributed by atoms with Crippen molar-refractivity contribution in [1.29, 1.82) is 5.26 Å². The fraction of sp³-hybridized carbons (Fsp3) is 0.421. The molecule has 6 nitrogen and oxygen atoms in total. The lowest BCUT2D eigenvalue weighted by Crippen LogP contribution is -2.42. The zero-order valence-electron chi connectivity index (χ0n) is 15.0. The first-order chi connectivity index (χ1) is 12.2. The molecule has 0 aliphatic carbocycles. The maximum atomic E-state index is 11.6. The van der Waals surface area contributed by atoms with Crippen molar-refractivity contribution in [2.24, 2.45) is 5.41 Å². The van der Waals surface area contributed by atoms with Crippen LogP contribution in [0.1, 0.15) is 32.9 Å². The summed E-state index contributed by atoms with van der Waals surface area (Å²) in [6, 6.07) is 9.05. The normalized spacial score (nSPS) is 20.2. The van der Waals surface area contributed by atoms with Gasteiger partial charge in [0.05, 0.1) is 5.02 Å². The standard InChI is InChI=1S/C19H21ClN4O2/c1-19(2,3)15-8-13(10-24(15)18(25)26)23-17-16-11(5-4-6-14(16)20)7-12(9-21)22-17/h4-7,13,15H,8,10H2,1-3H3,(H,22,23)(H,25,26). The van der Waals surface area contributed by atoms with Gasteiger partial charge in [-0.05, 0) is 29.4 Å². The number of hydrogen-bond donors (Lipinski definition) is 2. The van der Waals surface area contributed by atoms with Crippen LogP contribution in [0.3, 0.4) is 0 Å². The van der Waals surface area contributed by atoms with E-state index >= 15 is 0 Å². The van der Waals surface area contributed by atoms with Gasteiger partial charge >= 0.3 is 6.09 Å². The maximum Gasteiger partial charge on any atom is 0.407 e. The van der Waals surface area contributed by atoms with Gasteiger partial charge in [0.25, 0.3) is 0 Å². The third-order valence-corrected chi connectivity index (χ3v) is 5.12. The molecule has 0 spiro atoms. The minimum absolute atomic E-state index is 0.0987. The number of fused-ring (bicyclic) bond motifs is 1. The number of rotatable bonds is 2. The topological polar surface area (TPSA) is 89.3 Å². The van der Waals surface area contributed by atoms with Crippen molar-refractivity contribution in [3.63, 3.8) is 0 Å². The van der Waals surface area contributed by atoms with Crippen LogP contribution in [-0.4, -0.2) is 39.7 Å². The molecular weight excluding hydrogens is 352 g/mol. The molecule has 26 heavy (non-hydrogen) atoms. The minimum atomic E-state index is -0.921. The number of likely N-dealkylation sites (tertiary alicyclic amines) is 1. The second kappa shape index (κ2) is 6.65. The summed E-state index contributed by atoms with van der Waals surface area (Å²) in [4.78, 5) is 17.5. The molecule has 1 aliphatic heterocycles. The maximum absolute atomic E-state index is 11.6. The van der Waals surface area contributed by atoms with Crippen molar-refractivity contribution in [2.75, 3.05) is 11.9 Å². The van der Waals surface area contributed by atoms with Crippen molar-refractivity contribution in [2.45, 2.75) is 39.3 Å². The number of halogens is 1. The largest absolute Gasteiger partial charge is 0.465 e. The summed E-state index contributed by atoms with van der Waals surface area (Å²) < 4.78 is 0. The summed E-state index contributed by atoms with van der Waals surface area (Å²) in [6.07, 6.45) is -0.254. The van der Waals surface area contributed by atoms with Gasteiger partial charge in [0.2, 0.25) is 0 Å². The molecule has 1 aromatic heterocycles. The van der Waals surface area contributed by atoms with Crippen LogP contribution in [0.5, 0.6) is 0 Å². The van der Waals surface area contributed by atoms with Crippen LogP contribution in [-0.2, 0) is 0 Å². The summed E-state index contributed by atoms with van der Waals surface area (Å²) in [5.74, 6) is 0.523. The quantitative estimate of drug-likeness (QED) is 0.818. The molecule has 7 heteroatoms. The Hall–Kier alpha value is -2.52. The van der Waals surface area contributed by atoms with E-state index in [1.54, 1.807) is 12.1 Å². The SMILES string of the molecule is CC(C)(C)C1CC(Nc2nc(C#N)cc3cccc(Cl)c23)CN1C(=O)O. The Morgan fingerprint density at radius 1 is 1.46 bits per heavy atom. The number of carbonyl (C=O) groups is 1. The highest BCUT2D eigenvalue weighted by atomic mass is 35.5. The number of benzene rings is 1. The third kappa shape index (κ3) is 3.40. The molecule has 2 unspecified atom stereocenters. The molecule has 0 bridgehead atoms. The number of carboxylic acid groups (broad SMARTS) is 1. The lowest BCUT2D eigenvalue weighted by atomic mass is 9.85. The Balaban J connectivity index is 1.97. The molecule has 0 radical (unpaired) electrons. The van der Waals surface area contributed by atoms with E-state index in [-0.39, 0.29) is 17.5 Å². The number of anilines is 1. The average molecular weight is 373 g/mol. The van der Waals surface area contributed by atoms with Crippen LogP contribution < -0.4 is 5.32 Å². The molecule has 1 amide bonds. The Labute approximate surface area is 157 Å². The van der Waals surface area contributed by atoms with E-state index in [1.807, 2.05) is 32.9 Å². The number of nitrogens with zero attached hydrogens (tertiary/aromatic N) is 3. The molecule has 1 fully saturated rings. The Bertz CT molecular complexity index is 901. The van der Waals surface area contributed by atoms with E-state index in [1.165, 1.54) is 4.90 Å². The number of nitriles is 1. The van der Waals surface area contributed by atoms with Crippen molar-refractivity contribution in [1.82, 2.24) is 9.88 Å². The molecule has 1 aromatic carbocycles. The number of nitrogens with one attached hydrogen (secondary N) is 1. The first-order valence-electron chi connectivity index (χ1n) is 8.46. The van der Waals surface area contributed by atoms with Gasteiger partial charge in [-0.25, -0.2) is 9.78 Å². The molecule has 2 atom stereocenters. The van der Waals surface area contributed by atoms with Crippen molar-refractivity contribution < 1.29 is 9.90 Å². The van der Waals surface area contributed by atoms with Crippen molar-refractivity contribution in [3.8, 4) is 6.07 Å². The monoisotopic (exact) mass is 372 g/mol. The average Bonchev–Trinajstić information content (AvgIpc) is 2.99. The molecular formula is C19H21ClN4O2. The molecule has 1 saturated heterocycles. The van der Waals surface area contributed by atoms with E-state index < -0.39 is 6.09 Å². The molecule has 2 N–H and O–H groups in total. The van der Waals surface area contributed by atoms with Crippen LogP contribution in [0.2, 0.25) is 5.02 Å². The zero-order chi connectivity index (χ0) is 19.1. The van der Waals surface area contributed by atoms with Gasteiger partial charge in [-0.15, -0.1) is 0 Å². The summed E-state index contributed by atoms with van der Waals surface area (Å²) in [5, 5.41) is 24.3. The van der Waals surface area contributed by atoms with Gasteiger partial charge in [-0.2, -0.15) is 5.26 Å². The summed E-state index contributed by atoms with van der Waals surface area (Å²) in [7, 11) is 0. The van der Waals surface area contributed by atoms with Crippen molar-refractivity contribution >= 4 is 34.3 Å². The van der Waals surface area contributed by atoms with E-state index in [4.69, 9.17) is 11.6 Å². The molecule has 0 saturated carbocycles. The van der Waals surface area contributed by atoms with Crippen LogP contribution in [0.15, 0.2) is 24.3 Å². The minimum Gasteiger partial charge on any atom is -0.465 e. The van der Waals surface area contributed by atoms with Gasteiger partial charge in [0.15, 0.2) is 0 Å². The van der Waals surface area contributed by atoms with Gasteiger partial charge in [-0.3, -0.25) is 0 Å². The zero-order valence-corrected chi connectivity index (χ0v) is 15.7. The Kier molecular flexibility index (Phi) is 4.68. The lowest BCUT2D eigenvalue weighted by Gasteiger charge is -2.32. The molecule has 2 aromatic rings. The highest BCUT2D eigenvalue weighted by molar-refractivity contribution is 6.36. The number of pyridine rings is 1. The van der Waals surface area contributed by atoms with Crippen LogP contribution >= 0.6 is 11.6 Å². The van der Waals surface area contributed by atoms with E-state index in [9.17, 15) is 15.2 Å². The summed E-state index contributed by atoms with van der Waals surface area (Å²) in [5.41, 5.74) is 0.124. The fourth-order valence-electron chi connectivity index (χ4n) is 3.59. The van der Waals surface area contributed by atoms with E-state index in [0.29, 0.717) is 29.5 Å². The van der Waals surface area contributed by atoms with Crippen LogP contribution in [0.25, 0.3) is 10.8 Å². The molecule has 3 rings (SSSR count). The smallest absolute Gasteiger partial charge is 0.407 e. The first kappa shape index (κ1) is 18.3. The van der Waals surface area contributed by atoms with Gasteiger partial charge in [0.1, 0.15) is 17.6 Å². The summed E-state index contributed by atoms with van der Waals surface area (Å²) in [6.45, 7) is 6.48. The molecule has 136 valence electrons. The van der Waals surface area contributed by atoms with Crippen LogP contribution in [0.4, 0.5) is 10.6 Å². The second-order valence-electron chi connectivity index (χ2n) is 7.70. The van der Waals surface area contributed by atoms with Crippen molar-refractivity contribution in [3.05, 3.63) is 35.0 Å². The first-order valence-corrected chi connectivity index (χ1v) is 8.84. The Morgan fingerprint density at radius 3 is 2.77 bits per heavy atom. The number of aromatic nitrogens is 1. The van der Waals surface area contributed by atoms with Gasteiger partial charge < -0.3 is 15.3 Å². The molecule has 1 aliphatic rings. The lowest BCUT2D eigenvalue weighted by molar-refractivity contribution is 0.106. The van der Waals surface area contributed by atoms with E-state index in [0.717, 1.165) is 10.8 Å². The second-order valence-corrected chi connectivity index (χ2v) is 8.11. The van der Waals surface area contributed by atoms with E-state index in [2.05, 4.69) is 16.4 Å². The van der Waals surface area contributed by atoms with Crippen LogP contribution in [0, 0.1) is 16.7 Å². The highest BCUT2D eigenvalue weighted by Gasteiger charge is 2.41. The summed E-state index contributed by atoms with van der Waals surface area (Å²) >= 11 is 6.36.